The van der Waals surface area contributed by atoms with Crippen molar-refractivity contribution >= 4 is 28.6 Å². The zero-order chi connectivity index (χ0) is 13.7. The average Bonchev–Trinajstić information content (AvgIpc) is 3.06. The molecule has 2 heterocycles. The molecule has 1 amide bonds. The van der Waals surface area contributed by atoms with Gasteiger partial charge in [-0.3, -0.25) is 4.79 Å². The van der Waals surface area contributed by atoms with Crippen LogP contribution in [0, 0.1) is 0 Å². The Kier molecular flexibility index (Phi) is 5.07. The minimum Gasteiger partial charge on any atom is -0.349 e. The van der Waals surface area contributed by atoms with Gasteiger partial charge in [0.25, 0.3) is 5.91 Å². The first-order chi connectivity index (χ1) is 9.20. The van der Waals surface area contributed by atoms with Gasteiger partial charge in [-0.1, -0.05) is 13.0 Å². The number of amides is 1. The molecule has 2 rings (SSSR count). The zero-order valence-corrected chi connectivity index (χ0v) is 12.6. The number of carbonyl (C=O) groups is 1. The van der Waals surface area contributed by atoms with E-state index in [2.05, 4.69) is 15.6 Å². The maximum absolute atomic E-state index is 11.9. The van der Waals surface area contributed by atoms with Gasteiger partial charge >= 0.3 is 0 Å². The van der Waals surface area contributed by atoms with Gasteiger partial charge in [-0.05, 0) is 24.9 Å². The Labute approximate surface area is 120 Å². The topological polar surface area (TPSA) is 54.0 Å². The minimum absolute atomic E-state index is 0.108. The number of rotatable bonds is 6. The number of nitrogens with one attached hydrogen (secondary N) is 2. The molecule has 0 saturated heterocycles. The van der Waals surface area contributed by atoms with Gasteiger partial charge in [0.2, 0.25) is 0 Å². The zero-order valence-electron chi connectivity index (χ0n) is 11.0. The third kappa shape index (κ3) is 3.86. The molecule has 0 aliphatic rings. The van der Waals surface area contributed by atoms with Crippen molar-refractivity contribution in [2.24, 2.45) is 0 Å². The second-order valence-electron chi connectivity index (χ2n) is 4.18. The number of likely N-dealkylation sites (N-methyl/N-ethyl adjacent to an activating group) is 1. The van der Waals surface area contributed by atoms with E-state index >= 15 is 0 Å². The van der Waals surface area contributed by atoms with Crippen LogP contribution in [-0.4, -0.2) is 30.0 Å². The Hall–Kier alpha value is -1.24. The molecule has 2 aromatic rings. The summed E-state index contributed by atoms with van der Waals surface area (Å²) < 4.78 is 0. The van der Waals surface area contributed by atoms with E-state index in [0.717, 1.165) is 16.4 Å². The van der Waals surface area contributed by atoms with Crippen LogP contribution >= 0.6 is 22.7 Å². The predicted octanol–water partition coefficient (Wildman–Crippen LogP) is 2.60. The average molecular weight is 295 g/mol. The first-order valence-corrected chi connectivity index (χ1v) is 7.97. The van der Waals surface area contributed by atoms with Crippen molar-refractivity contribution < 1.29 is 4.79 Å². The fraction of sp³-hybridized carbons (Fsp3) is 0.385. The van der Waals surface area contributed by atoms with Gasteiger partial charge in [0.1, 0.15) is 10.7 Å². The van der Waals surface area contributed by atoms with Crippen LogP contribution in [0.1, 0.15) is 24.3 Å². The van der Waals surface area contributed by atoms with E-state index in [1.165, 1.54) is 11.3 Å². The van der Waals surface area contributed by atoms with Crippen LogP contribution in [0.5, 0.6) is 0 Å². The molecule has 1 atom stereocenters. The van der Waals surface area contributed by atoms with Crippen molar-refractivity contribution in [3.8, 4) is 9.88 Å². The highest BCUT2D eigenvalue weighted by Crippen LogP contribution is 2.27. The molecule has 6 heteroatoms. The third-order valence-electron chi connectivity index (χ3n) is 2.59. The normalized spacial score (nSPS) is 12.3. The lowest BCUT2D eigenvalue weighted by atomic mass is 10.3. The maximum atomic E-state index is 11.9. The van der Waals surface area contributed by atoms with Crippen molar-refractivity contribution in [3.05, 3.63) is 28.6 Å². The van der Waals surface area contributed by atoms with Crippen molar-refractivity contribution in [2.75, 3.05) is 13.1 Å². The quantitative estimate of drug-likeness (QED) is 0.861. The lowest BCUT2D eigenvalue weighted by Gasteiger charge is -2.12. The highest BCUT2D eigenvalue weighted by atomic mass is 32.1. The Morgan fingerprint density at radius 3 is 3.00 bits per heavy atom. The monoisotopic (exact) mass is 295 g/mol. The Balaban J connectivity index is 1.93. The van der Waals surface area contributed by atoms with E-state index in [1.807, 2.05) is 36.7 Å². The van der Waals surface area contributed by atoms with Crippen LogP contribution in [0.25, 0.3) is 9.88 Å². The van der Waals surface area contributed by atoms with Gasteiger partial charge in [-0.25, -0.2) is 4.98 Å². The number of nitrogens with zero attached hydrogens (tertiary/aromatic N) is 1. The van der Waals surface area contributed by atoms with Gasteiger partial charge in [0.05, 0.1) is 4.88 Å². The number of thiazole rings is 1. The summed E-state index contributed by atoms with van der Waals surface area (Å²) >= 11 is 3.14. The second-order valence-corrected chi connectivity index (χ2v) is 5.99. The first kappa shape index (κ1) is 14.2. The number of hydrogen-bond acceptors (Lipinski definition) is 5. The Bertz CT molecular complexity index is 522. The molecule has 19 heavy (non-hydrogen) atoms. The van der Waals surface area contributed by atoms with Gasteiger partial charge in [0, 0.05) is 18.0 Å². The molecule has 4 nitrogen and oxygen atoms in total. The number of carbonyl (C=O) groups excluding carboxylic acids is 1. The predicted molar refractivity (Wildman–Crippen MR) is 80.9 cm³/mol. The SMILES string of the molecule is CCN[C@H](C)CNC(=O)c1csc(-c2cccs2)n1. The summed E-state index contributed by atoms with van der Waals surface area (Å²) in [5.41, 5.74) is 0.497. The summed E-state index contributed by atoms with van der Waals surface area (Å²) in [5, 5.41) is 10.9. The summed E-state index contributed by atoms with van der Waals surface area (Å²) in [6.07, 6.45) is 0. The summed E-state index contributed by atoms with van der Waals surface area (Å²) in [5.74, 6) is -0.108. The van der Waals surface area contributed by atoms with Gasteiger partial charge in [-0.2, -0.15) is 0 Å². The van der Waals surface area contributed by atoms with Gasteiger partial charge in [-0.15, -0.1) is 22.7 Å². The van der Waals surface area contributed by atoms with Crippen LogP contribution in [0.2, 0.25) is 0 Å². The number of aromatic nitrogens is 1. The highest BCUT2D eigenvalue weighted by molar-refractivity contribution is 7.20. The molecule has 0 saturated carbocycles. The largest absolute Gasteiger partial charge is 0.349 e. The lowest BCUT2D eigenvalue weighted by molar-refractivity contribution is 0.0946. The summed E-state index contributed by atoms with van der Waals surface area (Å²) in [6, 6.07) is 4.27. The molecule has 0 radical (unpaired) electrons. The van der Waals surface area contributed by atoms with Gasteiger partial charge < -0.3 is 10.6 Å². The summed E-state index contributed by atoms with van der Waals surface area (Å²) in [7, 11) is 0. The van der Waals surface area contributed by atoms with Crippen molar-refractivity contribution in [3.63, 3.8) is 0 Å². The Morgan fingerprint density at radius 2 is 2.32 bits per heavy atom. The van der Waals surface area contributed by atoms with Crippen molar-refractivity contribution in [2.45, 2.75) is 19.9 Å². The molecule has 0 fully saturated rings. The molecule has 0 aliphatic carbocycles. The number of hydrogen-bond donors (Lipinski definition) is 2. The highest BCUT2D eigenvalue weighted by Gasteiger charge is 2.12. The molecular formula is C13H17N3OS2. The molecule has 102 valence electrons. The molecule has 0 aliphatic heterocycles. The van der Waals surface area contributed by atoms with Crippen LogP contribution in [0.15, 0.2) is 22.9 Å². The van der Waals surface area contributed by atoms with Crippen molar-refractivity contribution in [1.82, 2.24) is 15.6 Å². The summed E-state index contributed by atoms with van der Waals surface area (Å²) in [4.78, 5) is 17.4. The van der Waals surface area contributed by atoms with Crippen LogP contribution < -0.4 is 10.6 Å². The summed E-state index contributed by atoms with van der Waals surface area (Å²) in [6.45, 7) is 5.60. The third-order valence-corrected chi connectivity index (χ3v) is 4.47. The minimum atomic E-state index is -0.108. The molecule has 0 bridgehead atoms. The van der Waals surface area contributed by atoms with E-state index in [0.29, 0.717) is 12.2 Å². The first-order valence-electron chi connectivity index (χ1n) is 6.21. The molecule has 0 aromatic carbocycles. The second kappa shape index (κ2) is 6.79. The molecule has 2 N–H and O–H groups in total. The van der Waals surface area contributed by atoms with Crippen LogP contribution in [0.3, 0.4) is 0 Å². The smallest absolute Gasteiger partial charge is 0.270 e. The maximum Gasteiger partial charge on any atom is 0.270 e. The van der Waals surface area contributed by atoms with E-state index in [-0.39, 0.29) is 11.9 Å². The lowest BCUT2D eigenvalue weighted by Crippen LogP contribution is -2.38. The van der Waals surface area contributed by atoms with E-state index in [1.54, 1.807) is 11.3 Å². The fourth-order valence-corrected chi connectivity index (χ4v) is 3.26. The molecule has 0 unspecified atom stereocenters. The van der Waals surface area contributed by atoms with Crippen LogP contribution in [-0.2, 0) is 0 Å². The Morgan fingerprint density at radius 1 is 1.47 bits per heavy atom. The van der Waals surface area contributed by atoms with E-state index < -0.39 is 0 Å². The molecule has 0 spiro atoms. The fourth-order valence-electron chi connectivity index (χ4n) is 1.65. The standard InChI is InChI=1S/C13H17N3OS2/c1-3-14-9(2)7-15-12(17)10-8-19-13(16-10)11-5-4-6-18-11/h4-6,8-9,14H,3,7H2,1-2H3,(H,15,17)/t9-/m1/s1. The number of thiophene rings is 1. The van der Waals surface area contributed by atoms with E-state index in [9.17, 15) is 4.79 Å². The van der Waals surface area contributed by atoms with Crippen molar-refractivity contribution in [1.29, 1.82) is 0 Å². The van der Waals surface area contributed by atoms with E-state index in [4.69, 9.17) is 0 Å². The van der Waals surface area contributed by atoms with Crippen LogP contribution in [0.4, 0.5) is 0 Å². The van der Waals surface area contributed by atoms with Gasteiger partial charge in [0.15, 0.2) is 0 Å². The molecule has 2 aromatic heterocycles. The molecular weight excluding hydrogens is 278 g/mol.